The number of benzene rings is 2. The first-order valence-corrected chi connectivity index (χ1v) is 5.74. The van der Waals surface area contributed by atoms with Crippen LogP contribution in [-0.4, -0.2) is 5.21 Å². The normalized spacial score (nSPS) is 12.4. The molecule has 2 aromatic carbocycles. The van der Waals surface area contributed by atoms with E-state index in [2.05, 4.69) is 37.5 Å². The number of hydrogen-bond acceptors (Lipinski definition) is 2. The highest BCUT2D eigenvalue weighted by Crippen LogP contribution is 2.25. The predicted molar refractivity (Wildman–Crippen MR) is 69.1 cm³/mol. The number of hydroxylamine groups is 1. The van der Waals surface area contributed by atoms with Crippen molar-refractivity contribution in [2.24, 2.45) is 0 Å². The molecule has 2 aromatic rings. The maximum atomic E-state index is 9.40. The van der Waals surface area contributed by atoms with Gasteiger partial charge in [-0.3, -0.25) is 0 Å². The second kappa shape index (κ2) is 5.13. The van der Waals surface area contributed by atoms with Gasteiger partial charge in [0.1, 0.15) is 0 Å². The zero-order chi connectivity index (χ0) is 12.3. The first-order valence-electron chi connectivity index (χ1n) is 5.74. The van der Waals surface area contributed by atoms with Gasteiger partial charge in [-0.05, 0) is 30.5 Å². The fraction of sp³-hybridized carbons (Fsp3) is 0.200. The van der Waals surface area contributed by atoms with Crippen LogP contribution in [0.25, 0.3) is 0 Å². The van der Waals surface area contributed by atoms with Gasteiger partial charge in [0.2, 0.25) is 0 Å². The molecule has 2 rings (SSSR count). The zero-order valence-corrected chi connectivity index (χ0v) is 10.1. The molecule has 0 aromatic heterocycles. The summed E-state index contributed by atoms with van der Waals surface area (Å²) in [6, 6.07) is 16.0. The van der Waals surface area contributed by atoms with Crippen molar-refractivity contribution < 1.29 is 5.21 Å². The van der Waals surface area contributed by atoms with Crippen molar-refractivity contribution in [1.82, 2.24) is 5.48 Å². The topological polar surface area (TPSA) is 32.3 Å². The quantitative estimate of drug-likeness (QED) is 0.788. The molecule has 1 atom stereocenters. The Balaban J connectivity index is 2.46. The molecular weight excluding hydrogens is 210 g/mol. The van der Waals surface area contributed by atoms with Gasteiger partial charge in [0.25, 0.3) is 0 Å². The molecule has 17 heavy (non-hydrogen) atoms. The van der Waals surface area contributed by atoms with Crippen molar-refractivity contribution in [3.05, 3.63) is 70.8 Å². The van der Waals surface area contributed by atoms with Crippen molar-refractivity contribution in [3.8, 4) is 0 Å². The molecule has 0 saturated heterocycles. The van der Waals surface area contributed by atoms with Crippen LogP contribution in [0.15, 0.2) is 48.5 Å². The summed E-state index contributed by atoms with van der Waals surface area (Å²) in [5.74, 6) is 0. The first-order chi connectivity index (χ1) is 8.22. The maximum Gasteiger partial charge on any atom is 0.0821 e. The number of nitrogens with one attached hydrogen (secondary N) is 1. The molecule has 0 aliphatic heterocycles. The number of rotatable bonds is 3. The summed E-state index contributed by atoms with van der Waals surface area (Å²) in [4.78, 5) is 0. The lowest BCUT2D eigenvalue weighted by Gasteiger charge is -2.18. The Morgan fingerprint density at radius 3 is 2.35 bits per heavy atom. The second-order valence-electron chi connectivity index (χ2n) is 4.33. The van der Waals surface area contributed by atoms with E-state index in [1.54, 1.807) is 0 Å². The monoisotopic (exact) mass is 227 g/mol. The fourth-order valence-corrected chi connectivity index (χ4v) is 2.04. The second-order valence-corrected chi connectivity index (χ2v) is 4.33. The smallest absolute Gasteiger partial charge is 0.0821 e. The Bertz CT molecular complexity index is 494. The van der Waals surface area contributed by atoms with E-state index in [0.29, 0.717) is 0 Å². The van der Waals surface area contributed by atoms with Gasteiger partial charge in [0, 0.05) is 0 Å². The Labute approximate surface area is 102 Å². The lowest BCUT2D eigenvalue weighted by atomic mass is 9.94. The van der Waals surface area contributed by atoms with Crippen molar-refractivity contribution >= 4 is 0 Å². The molecule has 0 radical (unpaired) electrons. The van der Waals surface area contributed by atoms with Gasteiger partial charge < -0.3 is 5.21 Å². The highest BCUT2D eigenvalue weighted by molar-refractivity contribution is 5.38. The maximum absolute atomic E-state index is 9.40. The van der Waals surface area contributed by atoms with Gasteiger partial charge in [-0.2, -0.15) is 5.48 Å². The molecule has 1 unspecified atom stereocenters. The predicted octanol–water partition coefficient (Wildman–Crippen LogP) is 3.37. The standard InChI is InChI=1S/C15H17NO/c1-11-8-9-12(2)14(10-11)15(16-17)13-6-4-3-5-7-13/h3-10,15-17H,1-2H3. The molecule has 0 bridgehead atoms. The number of hydrogen-bond donors (Lipinski definition) is 2. The molecule has 0 heterocycles. The van der Waals surface area contributed by atoms with E-state index in [1.807, 2.05) is 30.3 Å². The Kier molecular flexibility index (Phi) is 3.57. The molecule has 88 valence electrons. The highest BCUT2D eigenvalue weighted by Gasteiger charge is 2.14. The van der Waals surface area contributed by atoms with Gasteiger partial charge in [0.15, 0.2) is 0 Å². The largest absolute Gasteiger partial charge is 0.316 e. The molecular formula is C15H17NO. The third-order valence-electron chi connectivity index (χ3n) is 3.01. The van der Waals surface area contributed by atoms with Crippen LogP contribution in [0, 0.1) is 13.8 Å². The van der Waals surface area contributed by atoms with Crippen LogP contribution in [0.1, 0.15) is 28.3 Å². The van der Waals surface area contributed by atoms with Crippen molar-refractivity contribution in [2.45, 2.75) is 19.9 Å². The molecule has 2 heteroatoms. The minimum atomic E-state index is -0.170. The third kappa shape index (κ3) is 2.54. The van der Waals surface area contributed by atoms with Crippen molar-refractivity contribution in [1.29, 1.82) is 0 Å². The Morgan fingerprint density at radius 2 is 1.71 bits per heavy atom. The summed E-state index contributed by atoms with van der Waals surface area (Å²) in [6.07, 6.45) is 0. The lowest BCUT2D eigenvalue weighted by molar-refractivity contribution is 0.141. The van der Waals surface area contributed by atoms with Gasteiger partial charge in [-0.1, -0.05) is 54.1 Å². The van der Waals surface area contributed by atoms with Crippen LogP contribution < -0.4 is 5.48 Å². The minimum Gasteiger partial charge on any atom is -0.316 e. The average Bonchev–Trinajstić information content (AvgIpc) is 2.36. The van der Waals surface area contributed by atoms with E-state index in [0.717, 1.165) is 11.1 Å². The van der Waals surface area contributed by atoms with Crippen LogP contribution in [0.5, 0.6) is 0 Å². The van der Waals surface area contributed by atoms with Crippen LogP contribution in [0.4, 0.5) is 0 Å². The third-order valence-corrected chi connectivity index (χ3v) is 3.01. The van der Waals surface area contributed by atoms with Crippen LogP contribution in [0.2, 0.25) is 0 Å². The average molecular weight is 227 g/mol. The zero-order valence-electron chi connectivity index (χ0n) is 10.1. The summed E-state index contributed by atoms with van der Waals surface area (Å²) < 4.78 is 0. The lowest BCUT2D eigenvalue weighted by Crippen LogP contribution is -2.19. The summed E-state index contributed by atoms with van der Waals surface area (Å²) in [5.41, 5.74) is 6.94. The molecule has 2 N–H and O–H groups in total. The van der Waals surface area contributed by atoms with Crippen molar-refractivity contribution in [2.75, 3.05) is 0 Å². The first kappa shape index (κ1) is 11.8. The van der Waals surface area contributed by atoms with Crippen LogP contribution in [0.3, 0.4) is 0 Å². The molecule has 0 saturated carbocycles. The minimum absolute atomic E-state index is 0.170. The van der Waals surface area contributed by atoms with E-state index < -0.39 is 0 Å². The molecule has 2 nitrogen and oxygen atoms in total. The van der Waals surface area contributed by atoms with Gasteiger partial charge in [-0.15, -0.1) is 0 Å². The van der Waals surface area contributed by atoms with Crippen LogP contribution >= 0.6 is 0 Å². The molecule has 0 amide bonds. The van der Waals surface area contributed by atoms with E-state index in [4.69, 9.17) is 0 Å². The number of aryl methyl sites for hydroxylation is 2. The molecule has 0 aliphatic carbocycles. The van der Waals surface area contributed by atoms with Crippen LogP contribution in [-0.2, 0) is 0 Å². The SMILES string of the molecule is Cc1ccc(C)c(C(NO)c2ccccc2)c1. The van der Waals surface area contributed by atoms with Crippen molar-refractivity contribution in [3.63, 3.8) is 0 Å². The van der Waals surface area contributed by atoms with Gasteiger partial charge in [0.05, 0.1) is 6.04 Å². The highest BCUT2D eigenvalue weighted by atomic mass is 16.5. The van der Waals surface area contributed by atoms with Gasteiger partial charge >= 0.3 is 0 Å². The Morgan fingerprint density at radius 1 is 1.00 bits per heavy atom. The molecule has 0 aliphatic rings. The summed E-state index contributed by atoms with van der Waals surface area (Å²) in [7, 11) is 0. The van der Waals surface area contributed by atoms with E-state index in [-0.39, 0.29) is 6.04 Å². The molecule has 0 fully saturated rings. The Hall–Kier alpha value is -1.64. The van der Waals surface area contributed by atoms with Gasteiger partial charge in [-0.25, -0.2) is 0 Å². The summed E-state index contributed by atoms with van der Waals surface area (Å²) in [5, 5.41) is 9.40. The summed E-state index contributed by atoms with van der Waals surface area (Å²) in [6.45, 7) is 4.12. The fourth-order valence-electron chi connectivity index (χ4n) is 2.04. The van der Waals surface area contributed by atoms with E-state index in [9.17, 15) is 5.21 Å². The molecule has 0 spiro atoms. The summed E-state index contributed by atoms with van der Waals surface area (Å²) >= 11 is 0. The van der Waals surface area contributed by atoms with E-state index in [1.165, 1.54) is 11.1 Å². The van der Waals surface area contributed by atoms with E-state index >= 15 is 0 Å².